The predicted molar refractivity (Wildman–Crippen MR) is 83.0 cm³/mol. The molecule has 2 N–H and O–H groups in total. The lowest BCUT2D eigenvalue weighted by Gasteiger charge is -2.06. The molecule has 2 rings (SSSR count). The van der Waals surface area contributed by atoms with Crippen molar-refractivity contribution in [3.63, 3.8) is 0 Å². The highest BCUT2D eigenvalue weighted by molar-refractivity contribution is 7.98. The molecule has 2 aromatic rings. The van der Waals surface area contributed by atoms with Crippen LogP contribution in [0, 0.1) is 0 Å². The molecule has 0 atom stereocenters. The lowest BCUT2D eigenvalue weighted by Crippen LogP contribution is -2.34. The Labute approximate surface area is 125 Å². The lowest BCUT2D eigenvalue weighted by molar-refractivity contribution is -0.136. The maximum atomic E-state index is 11.7. The van der Waals surface area contributed by atoms with E-state index in [0.717, 1.165) is 9.77 Å². The number of thiophene rings is 1. The van der Waals surface area contributed by atoms with Crippen LogP contribution in [0.3, 0.4) is 0 Å². The summed E-state index contributed by atoms with van der Waals surface area (Å²) in [6.45, 7) is 0.370. The van der Waals surface area contributed by atoms with Crippen molar-refractivity contribution in [1.29, 1.82) is 0 Å². The molecule has 1 aromatic heterocycles. The Kier molecular flexibility index (Phi) is 5.20. The van der Waals surface area contributed by atoms with Crippen LogP contribution in [-0.4, -0.2) is 18.1 Å². The second-order valence-electron chi connectivity index (χ2n) is 3.95. The van der Waals surface area contributed by atoms with Crippen LogP contribution >= 0.6 is 23.1 Å². The maximum Gasteiger partial charge on any atom is 0.313 e. The second-order valence-corrected chi connectivity index (χ2v) is 5.86. The molecule has 0 fully saturated rings. The molecule has 0 aliphatic rings. The van der Waals surface area contributed by atoms with Crippen LogP contribution in [0.15, 0.2) is 46.7 Å². The Morgan fingerprint density at radius 3 is 2.75 bits per heavy atom. The first-order valence-electron chi connectivity index (χ1n) is 5.94. The fourth-order valence-corrected chi connectivity index (χ4v) is 2.65. The Hall–Kier alpha value is -1.79. The molecule has 0 aliphatic heterocycles. The van der Waals surface area contributed by atoms with Gasteiger partial charge in [-0.3, -0.25) is 9.59 Å². The monoisotopic (exact) mass is 306 g/mol. The van der Waals surface area contributed by atoms with Crippen molar-refractivity contribution in [1.82, 2.24) is 5.32 Å². The number of benzene rings is 1. The summed E-state index contributed by atoms with van der Waals surface area (Å²) < 4.78 is 0. The van der Waals surface area contributed by atoms with E-state index < -0.39 is 11.8 Å². The highest BCUT2D eigenvalue weighted by Crippen LogP contribution is 2.18. The summed E-state index contributed by atoms with van der Waals surface area (Å²) in [6.07, 6.45) is 1.95. The number of thioether (sulfide) groups is 1. The summed E-state index contributed by atoms with van der Waals surface area (Å²) in [7, 11) is 0. The summed E-state index contributed by atoms with van der Waals surface area (Å²) in [4.78, 5) is 25.5. The quantitative estimate of drug-likeness (QED) is 0.674. The van der Waals surface area contributed by atoms with Crippen molar-refractivity contribution in [3.8, 4) is 0 Å². The zero-order valence-corrected chi connectivity index (χ0v) is 12.5. The maximum absolute atomic E-state index is 11.7. The van der Waals surface area contributed by atoms with Crippen molar-refractivity contribution in [2.24, 2.45) is 0 Å². The van der Waals surface area contributed by atoms with Crippen molar-refractivity contribution < 1.29 is 9.59 Å². The fourth-order valence-electron chi connectivity index (χ4n) is 1.55. The van der Waals surface area contributed by atoms with Crippen LogP contribution in [0.25, 0.3) is 0 Å². The van der Waals surface area contributed by atoms with E-state index in [0.29, 0.717) is 12.2 Å². The van der Waals surface area contributed by atoms with Crippen molar-refractivity contribution >= 4 is 40.6 Å². The summed E-state index contributed by atoms with van der Waals surface area (Å²) in [5, 5.41) is 7.10. The number of nitrogens with one attached hydrogen (secondary N) is 2. The average Bonchev–Trinajstić information content (AvgIpc) is 2.98. The van der Waals surface area contributed by atoms with Crippen LogP contribution in [-0.2, 0) is 16.1 Å². The number of hydrogen-bond donors (Lipinski definition) is 2. The Bertz CT molecular complexity index is 597. The molecule has 6 heteroatoms. The van der Waals surface area contributed by atoms with E-state index in [4.69, 9.17) is 0 Å². The topological polar surface area (TPSA) is 58.2 Å². The largest absolute Gasteiger partial charge is 0.343 e. The normalized spacial score (nSPS) is 10.1. The second kappa shape index (κ2) is 7.12. The smallest absolute Gasteiger partial charge is 0.313 e. The van der Waals surface area contributed by atoms with Gasteiger partial charge in [-0.05, 0) is 35.9 Å². The molecule has 0 spiro atoms. The summed E-state index contributed by atoms with van der Waals surface area (Å²) in [6, 6.07) is 11.2. The summed E-state index contributed by atoms with van der Waals surface area (Å²) in [5.74, 6) is -1.28. The van der Waals surface area contributed by atoms with Crippen LogP contribution in [0.1, 0.15) is 4.88 Å². The van der Waals surface area contributed by atoms with Gasteiger partial charge >= 0.3 is 11.8 Å². The molecule has 104 valence electrons. The van der Waals surface area contributed by atoms with E-state index in [-0.39, 0.29) is 0 Å². The highest BCUT2D eigenvalue weighted by atomic mass is 32.2. The summed E-state index contributed by atoms with van der Waals surface area (Å²) in [5.41, 5.74) is 0.619. The van der Waals surface area contributed by atoms with Crippen molar-refractivity contribution in [3.05, 3.63) is 46.7 Å². The Morgan fingerprint density at radius 1 is 1.20 bits per heavy atom. The number of rotatable bonds is 4. The molecule has 4 nitrogen and oxygen atoms in total. The first-order chi connectivity index (χ1) is 9.69. The molecule has 1 heterocycles. The number of hydrogen-bond acceptors (Lipinski definition) is 4. The average molecular weight is 306 g/mol. The molecule has 0 unspecified atom stereocenters. The number of amides is 2. The molecule has 0 bridgehead atoms. The van der Waals surface area contributed by atoms with Gasteiger partial charge in [0.15, 0.2) is 0 Å². The van der Waals surface area contributed by atoms with E-state index in [1.807, 2.05) is 42.0 Å². The molecule has 20 heavy (non-hydrogen) atoms. The van der Waals surface area contributed by atoms with Gasteiger partial charge in [0, 0.05) is 15.5 Å². The van der Waals surface area contributed by atoms with E-state index in [9.17, 15) is 9.59 Å². The molecule has 0 radical (unpaired) electrons. The van der Waals surface area contributed by atoms with Gasteiger partial charge in [-0.15, -0.1) is 23.1 Å². The van der Waals surface area contributed by atoms with Gasteiger partial charge in [-0.25, -0.2) is 0 Å². The van der Waals surface area contributed by atoms with E-state index in [1.54, 1.807) is 17.8 Å². The third-order valence-electron chi connectivity index (χ3n) is 2.54. The molecular formula is C14H14N2O2S2. The number of carbonyl (C=O) groups excluding carboxylic acids is 2. The zero-order chi connectivity index (χ0) is 14.4. The first kappa shape index (κ1) is 14.6. The minimum atomic E-state index is -0.653. The van der Waals surface area contributed by atoms with Gasteiger partial charge < -0.3 is 10.6 Å². The predicted octanol–water partition coefficient (Wildman–Crippen LogP) is 2.72. The van der Waals surface area contributed by atoms with Gasteiger partial charge in [-0.2, -0.15) is 0 Å². The Morgan fingerprint density at radius 2 is 2.05 bits per heavy atom. The minimum Gasteiger partial charge on any atom is -0.343 e. The van der Waals surface area contributed by atoms with E-state index in [1.165, 1.54) is 11.3 Å². The van der Waals surface area contributed by atoms with Crippen LogP contribution in [0.4, 0.5) is 5.69 Å². The van der Waals surface area contributed by atoms with Crippen molar-refractivity contribution in [2.45, 2.75) is 11.4 Å². The number of carbonyl (C=O) groups is 2. The van der Waals surface area contributed by atoms with Gasteiger partial charge in [0.05, 0.1) is 6.54 Å². The summed E-state index contributed by atoms with van der Waals surface area (Å²) >= 11 is 3.11. The SMILES string of the molecule is CSc1cccc(NC(=O)C(=O)NCc2cccs2)c1. The fraction of sp³-hybridized carbons (Fsp3) is 0.143. The zero-order valence-electron chi connectivity index (χ0n) is 10.9. The molecule has 2 amide bonds. The number of anilines is 1. The molecule has 0 saturated heterocycles. The van der Waals surface area contributed by atoms with Gasteiger partial charge in [0.2, 0.25) is 0 Å². The molecule has 0 saturated carbocycles. The third-order valence-corrected chi connectivity index (χ3v) is 4.14. The van der Waals surface area contributed by atoms with Crippen LogP contribution < -0.4 is 10.6 Å². The van der Waals surface area contributed by atoms with Crippen LogP contribution in [0.2, 0.25) is 0 Å². The molecule has 0 aliphatic carbocycles. The van der Waals surface area contributed by atoms with Gasteiger partial charge in [0.1, 0.15) is 0 Å². The van der Waals surface area contributed by atoms with Crippen molar-refractivity contribution in [2.75, 3.05) is 11.6 Å². The highest BCUT2D eigenvalue weighted by Gasteiger charge is 2.13. The van der Waals surface area contributed by atoms with Crippen LogP contribution in [0.5, 0.6) is 0 Å². The Balaban J connectivity index is 1.88. The molecular weight excluding hydrogens is 292 g/mol. The van der Waals surface area contributed by atoms with E-state index in [2.05, 4.69) is 10.6 Å². The van der Waals surface area contributed by atoms with Gasteiger partial charge in [0.25, 0.3) is 0 Å². The lowest BCUT2D eigenvalue weighted by atomic mass is 10.3. The molecule has 1 aromatic carbocycles. The standard InChI is InChI=1S/C14H14N2O2S2/c1-19-11-5-2-4-10(8-11)16-14(18)13(17)15-9-12-6-3-7-20-12/h2-8H,9H2,1H3,(H,15,17)(H,16,18). The van der Waals surface area contributed by atoms with E-state index >= 15 is 0 Å². The van der Waals surface area contributed by atoms with Gasteiger partial charge in [-0.1, -0.05) is 12.1 Å². The minimum absolute atomic E-state index is 0.370. The first-order valence-corrected chi connectivity index (χ1v) is 8.05. The third kappa shape index (κ3) is 4.11.